The summed E-state index contributed by atoms with van der Waals surface area (Å²) in [6.45, 7) is 0. The van der Waals surface area contributed by atoms with Crippen LogP contribution in [0.15, 0.2) is 30.3 Å². The van der Waals surface area contributed by atoms with Crippen molar-refractivity contribution in [3.8, 4) is 0 Å². The van der Waals surface area contributed by atoms with Crippen molar-refractivity contribution in [1.82, 2.24) is 0 Å². The lowest BCUT2D eigenvalue weighted by Crippen LogP contribution is -1.93. The molecule has 3 rings (SSSR count). The maximum absolute atomic E-state index is 5.42. The molecule has 54 valence electrons. The van der Waals surface area contributed by atoms with Gasteiger partial charge >= 0.3 is 0 Å². The summed E-state index contributed by atoms with van der Waals surface area (Å²) >= 11 is 0. The van der Waals surface area contributed by atoms with Crippen LogP contribution >= 0.6 is 0 Å². The summed E-state index contributed by atoms with van der Waals surface area (Å²) in [7, 11) is 0. The zero-order chi connectivity index (χ0) is 7.26. The molecule has 1 aromatic carbocycles. The van der Waals surface area contributed by atoms with Crippen LogP contribution in [0.25, 0.3) is 6.08 Å². The number of fused-ring (bicyclic) bond motifs is 3. The minimum atomic E-state index is 0.371. The van der Waals surface area contributed by atoms with Crippen molar-refractivity contribution in [3.05, 3.63) is 41.5 Å². The number of hydrogen-bond donors (Lipinski definition) is 0. The maximum atomic E-state index is 5.42. The molecule has 0 saturated carbocycles. The SMILES string of the molecule is C1=CC2OC2c2ccccc21. The topological polar surface area (TPSA) is 12.5 Å². The van der Waals surface area contributed by atoms with E-state index in [0.29, 0.717) is 12.2 Å². The Morgan fingerprint density at radius 1 is 1.18 bits per heavy atom. The molecule has 11 heavy (non-hydrogen) atoms. The number of benzene rings is 1. The first-order valence-electron chi connectivity index (χ1n) is 3.88. The van der Waals surface area contributed by atoms with Crippen molar-refractivity contribution in [2.45, 2.75) is 12.2 Å². The van der Waals surface area contributed by atoms with E-state index in [-0.39, 0.29) is 0 Å². The summed E-state index contributed by atoms with van der Waals surface area (Å²) in [5.74, 6) is 0. The summed E-state index contributed by atoms with van der Waals surface area (Å²) in [4.78, 5) is 0. The Kier molecular flexibility index (Phi) is 0.880. The van der Waals surface area contributed by atoms with E-state index in [4.69, 9.17) is 4.74 Å². The van der Waals surface area contributed by atoms with Crippen molar-refractivity contribution in [1.29, 1.82) is 0 Å². The lowest BCUT2D eigenvalue weighted by Gasteiger charge is -2.04. The Bertz CT molecular complexity index is 327. The summed E-state index contributed by atoms with van der Waals surface area (Å²) in [6.07, 6.45) is 5.03. The molecule has 1 heterocycles. The second-order valence-electron chi connectivity index (χ2n) is 3.01. The fourth-order valence-corrected chi connectivity index (χ4v) is 1.64. The van der Waals surface area contributed by atoms with Crippen LogP contribution in [0.1, 0.15) is 17.2 Å². The maximum Gasteiger partial charge on any atom is 0.114 e. The molecule has 1 saturated heterocycles. The van der Waals surface area contributed by atoms with Gasteiger partial charge in [0.2, 0.25) is 0 Å². The highest BCUT2D eigenvalue weighted by molar-refractivity contribution is 5.60. The molecule has 1 fully saturated rings. The van der Waals surface area contributed by atoms with Gasteiger partial charge in [-0.25, -0.2) is 0 Å². The Balaban J connectivity index is 2.24. The lowest BCUT2D eigenvalue weighted by molar-refractivity contribution is 0.395. The van der Waals surface area contributed by atoms with Crippen molar-refractivity contribution in [2.75, 3.05) is 0 Å². The highest BCUT2D eigenvalue weighted by Crippen LogP contribution is 2.44. The average molecular weight is 144 g/mol. The highest BCUT2D eigenvalue weighted by atomic mass is 16.6. The van der Waals surface area contributed by atoms with Crippen LogP contribution in [0.5, 0.6) is 0 Å². The summed E-state index contributed by atoms with van der Waals surface area (Å²) in [5.41, 5.74) is 2.66. The molecule has 0 aromatic heterocycles. The predicted molar refractivity (Wildman–Crippen MR) is 43.1 cm³/mol. The summed E-state index contributed by atoms with van der Waals surface area (Å²) < 4.78 is 5.42. The molecule has 0 spiro atoms. The zero-order valence-electron chi connectivity index (χ0n) is 6.03. The van der Waals surface area contributed by atoms with Gasteiger partial charge in [-0.05, 0) is 11.1 Å². The Labute approximate surface area is 65.3 Å². The molecule has 1 aliphatic carbocycles. The number of rotatable bonds is 0. The molecule has 0 amide bonds. The average Bonchev–Trinajstić information content (AvgIpc) is 2.83. The van der Waals surface area contributed by atoms with E-state index in [0.717, 1.165) is 0 Å². The lowest BCUT2D eigenvalue weighted by atomic mass is 9.98. The zero-order valence-corrected chi connectivity index (χ0v) is 6.03. The van der Waals surface area contributed by atoms with E-state index < -0.39 is 0 Å². The first kappa shape index (κ1) is 5.56. The molecular weight excluding hydrogens is 136 g/mol. The van der Waals surface area contributed by atoms with E-state index in [1.165, 1.54) is 11.1 Å². The molecule has 2 atom stereocenters. The summed E-state index contributed by atoms with van der Waals surface area (Å²) in [5, 5.41) is 0. The van der Waals surface area contributed by atoms with Crippen molar-refractivity contribution >= 4 is 6.08 Å². The number of epoxide rings is 1. The normalized spacial score (nSPS) is 30.9. The predicted octanol–water partition coefficient (Wildman–Crippen LogP) is 2.15. The largest absolute Gasteiger partial charge is 0.360 e. The molecule has 1 aromatic rings. The van der Waals surface area contributed by atoms with Crippen LogP contribution in [-0.4, -0.2) is 6.10 Å². The molecule has 0 bridgehead atoms. The van der Waals surface area contributed by atoms with Gasteiger partial charge in [0, 0.05) is 0 Å². The smallest absolute Gasteiger partial charge is 0.114 e. The Hall–Kier alpha value is -1.08. The van der Waals surface area contributed by atoms with Crippen LogP contribution in [0.4, 0.5) is 0 Å². The third-order valence-corrected chi connectivity index (χ3v) is 2.29. The van der Waals surface area contributed by atoms with E-state index in [1.54, 1.807) is 0 Å². The van der Waals surface area contributed by atoms with E-state index in [1.807, 2.05) is 0 Å². The number of hydrogen-bond acceptors (Lipinski definition) is 1. The van der Waals surface area contributed by atoms with Crippen LogP contribution in [0, 0.1) is 0 Å². The first-order valence-corrected chi connectivity index (χ1v) is 3.88. The molecule has 0 radical (unpaired) electrons. The van der Waals surface area contributed by atoms with Crippen LogP contribution < -0.4 is 0 Å². The molecular formula is C10H8O. The van der Waals surface area contributed by atoms with Crippen LogP contribution in [-0.2, 0) is 4.74 Å². The van der Waals surface area contributed by atoms with Gasteiger partial charge in [-0.3, -0.25) is 0 Å². The minimum absolute atomic E-state index is 0.371. The van der Waals surface area contributed by atoms with Gasteiger partial charge in [-0.1, -0.05) is 36.4 Å². The fraction of sp³-hybridized carbons (Fsp3) is 0.200. The highest BCUT2D eigenvalue weighted by Gasteiger charge is 2.40. The van der Waals surface area contributed by atoms with Gasteiger partial charge in [0.1, 0.15) is 12.2 Å². The van der Waals surface area contributed by atoms with Gasteiger partial charge < -0.3 is 4.74 Å². The standard InChI is InChI=1S/C10H8O/c1-2-4-8-7(3-1)5-6-9-10(8)11-9/h1-6,9-10H. The third-order valence-electron chi connectivity index (χ3n) is 2.29. The molecule has 1 aliphatic heterocycles. The molecule has 2 unspecified atom stereocenters. The molecule has 1 heteroatoms. The van der Waals surface area contributed by atoms with Crippen LogP contribution in [0.2, 0.25) is 0 Å². The molecule has 0 N–H and O–H groups in total. The van der Waals surface area contributed by atoms with Gasteiger partial charge in [-0.2, -0.15) is 0 Å². The fourth-order valence-electron chi connectivity index (χ4n) is 1.64. The first-order chi connectivity index (χ1) is 5.45. The van der Waals surface area contributed by atoms with Gasteiger partial charge in [0.15, 0.2) is 0 Å². The van der Waals surface area contributed by atoms with E-state index in [9.17, 15) is 0 Å². The molecule has 2 aliphatic rings. The van der Waals surface area contributed by atoms with Crippen LogP contribution in [0.3, 0.4) is 0 Å². The second kappa shape index (κ2) is 1.74. The van der Waals surface area contributed by atoms with Crippen molar-refractivity contribution in [2.24, 2.45) is 0 Å². The van der Waals surface area contributed by atoms with Gasteiger partial charge in [0.25, 0.3) is 0 Å². The Morgan fingerprint density at radius 2 is 2.09 bits per heavy atom. The quantitative estimate of drug-likeness (QED) is 0.508. The Morgan fingerprint density at radius 3 is 3.09 bits per heavy atom. The van der Waals surface area contributed by atoms with E-state index >= 15 is 0 Å². The molecule has 1 nitrogen and oxygen atoms in total. The summed E-state index contributed by atoms with van der Waals surface area (Å²) in [6, 6.07) is 8.40. The number of ether oxygens (including phenoxy) is 1. The van der Waals surface area contributed by atoms with Crippen molar-refractivity contribution in [3.63, 3.8) is 0 Å². The van der Waals surface area contributed by atoms with Gasteiger partial charge in [-0.15, -0.1) is 0 Å². The van der Waals surface area contributed by atoms with Crippen molar-refractivity contribution < 1.29 is 4.74 Å². The second-order valence-corrected chi connectivity index (χ2v) is 3.01. The van der Waals surface area contributed by atoms with E-state index in [2.05, 4.69) is 36.4 Å². The third kappa shape index (κ3) is 0.688. The monoisotopic (exact) mass is 144 g/mol. The minimum Gasteiger partial charge on any atom is -0.360 e. The van der Waals surface area contributed by atoms with Gasteiger partial charge in [0.05, 0.1) is 0 Å².